The zero-order valence-corrected chi connectivity index (χ0v) is 10.8. The predicted molar refractivity (Wildman–Crippen MR) is 68.4 cm³/mol. The zero-order valence-electron chi connectivity index (χ0n) is 10.8. The fourth-order valence-corrected chi connectivity index (χ4v) is 1.76. The maximum atomic E-state index is 13.2. The molecule has 1 aromatic carbocycles. The summed E-state index contributed by atoms with van der Waals surface area (Å²) in [4.78, 5) is 4.71. The lowest BCUT2D eigenvalue weighted by atomic mass is 10.2. The Morgan fingerprint density at radius 3 is 2.48 bits per heavy atom. The molecule has 0 unspecified atom stereocenters. The van der Waals surface area contributed by atoms with E-state index in [0.717, 1.165) is 18.2 Å². The van der Waals surface area contributed by atoms with Crippen molar-refractivity contribution >= 4 is 11.5 Å². The molecule has 21 heavy (non-hydrogen) atoms. The average Bonchev–Trinajstić information content (AvgIpc) is 2.44. The maximum Gasteiger partial charge on any atom is 0.433 e. The molecule has 0 N–H and O–H groups in total. The van der Waals surface area contributed by atoms with Crippen molar-refractivity contribution in [1.82, 2.24) is 4.98 Å². The van der Waals surface area contributed by atoms with Crippen LogP contribution in [0.4, 0.5) is 29.1 Å². The maximum absolute atomic E-state index is 13.2. The highest BCUT2D eigenvalue weighted by Gasteiger charge is 2.33. The van der Waals surface area contributed by atoms with Gasteiger partial charge in [0, 0.05) is 12.7 Å². The topological polar surface area (TPSA) is 39.9 Å². The molecule has 108 valence electrons. The van der Waals surface area contributed by atoms with Crippen LogP contribution in [0.15, 0.2) is 36.4 Å². The summed E-state index contributed by atoms with van der Waals surface area (Å²) < 4.78 is 51.3. The molecule has 0 amide bonds. The Bertz CT molecular complexity index is 704. The number of anilines is 2. The van der Waals surface area contributed by atoms with E-state index < -0.39 is 17.7 Å². The molecule has 0 atom stereocenters. The summed E-state index contributed by atoms with van der Waals surface area (Å²) in [5, 5.41) is 8.99. The van der Waals surface area contributed by atoms with Crippen LogP contribution in [0, 0.1) is 17.1 Å². The smallest absolute Gasteiger partial charge is 0.328 e. The van der Waals surface area contributed by atoms with Crippen LogP contribution in [0.5, 0.6) is 0 Å². The van der Waals surface area contributed by atoms with Crippen molar-refractivity contribution in [3.63, 3.8) is 0 Å². The lowest BCUT2D eigenvalue weighted by Gasteiger charge is -2.20. The molecule has 0 aliphatic carbocycles. The minimum absolute atomic E-state index is 0.0326. The number of rotatable bonds is 2. The minimum atomic E-state index is -4.62. The van der Waals surface area contributed by atoms with E-state index in [1.165, 1.54) is 30.1 Å². The van der Waals surface area contributed by atoms with Gasteiger partial charge in [0.1, 0.15) is 17.6 Å². The molecule has 0 bridgehead atoms. The molecular formula is C14H9F4N3. The van der Waals surface area contributed by atoms with E-state index in [1.807, 2.05) is 0 Å². The quantitative estimate of drug-likeness (QED) is 0.789. The third kappa shape index (κ3) is 3.11. The summed E-state index contributed by atoms with van der Waals surface area (Å²) in [5.41, 5.74) is -0.854. The summed E-state index contributed by atoms with van der Waals surface area (Å²) in [6.45, 7) is 0. The second kappa shape index (κ2) is 5.40. The minimum Gasteiger partial charge on any atom is -0.328 e. The number of benzene rings is 1. The first kappa shape index (κ1) is 14.8. The fraction of sp³-hybridized carbons (Fsp3) is 0.143. The van der Waals surface area contributed by atoms with E-state index >= 15 is 0 Å². The molecule has 1 heterocycles. The highest BCUT2D eigenvalue weighted by molar-refractivity contribution is 5.65. The zero-order chi connectivity index (χ0) is 15.6. The third-order valence-corrected chi connectivity index (χ3v) is 2.80. The van der Waals surface area contributed by atoms with Gasteiger partial charge in [-0.05, 0) is 30.3 Å². The van der Waals surface area contributed by atoms with E-state index in [2.05, 4.69) is 4.98 Å². The molecule has 1 aromatic heterocycles. The molecule has 3 nitrogen and oxygen atoms in total. The molecule has 0 aliphatic rings. The van der Waals surface area contributed by atoms with E-state index in [9.17, 15) is 17.6 Å². The lowest BCUT2D eigenvalue weighted by molar-refractivity contribution is -0.141. The van der Waals surface area contributed by atoms with Gasteiger partial charge in [-0.15, -0.1) is 0 Å². The number of hydrogen-bond donors (Lipinski definition) is 0. The molecule has 7 heteroatoms. The number of hydrogen-bond acceptors (Lipinski definition) is 3. The summed E-state index contributed by atoms with van der Waals surface area (Å²) in [7, 11) is 1.41. The van der Waals surface area contributed by atoms with Gasteiger partial charge in [0.2, 0.25) is 0 Å². The van der Waals surface area contributed by atoms with Gasteiger partial charge in [-0.1, -0.05) is 6.07 Å². The van der Waals surface area contributed by atoms with Gasteiger partial charge >= 0.3 is 6.18 Å². The molecule has 0 radical (unpaired) electrons. The van der Waals surface area contributed by atoms with Crippen LogP contribution in [-0.2, 0) is 6.18 Å². The van der Waals surface area contributed by atoms with Gasteiger partial charge in [0.05, 0.1) is 5.56 Å². The molecule has 0 saturated heterocycles. The molecule has 0 spiro atoms. The Morgan fingerprint density at radius 2 is 1.90 bits per heavy atom. The normalized spacial score (nSPS) is 11.0. The van der Waals surface area contributed by atoms with Crippen LogP contribution in [0.2, 0.25) is 0 Å². The van der Waals surface area contributed by atoms with Crippen molar-refractivity contribution in [2.24, 2.45) is 0 Å². The second-order valence-corrected chi connectivity index (χ2v) is 4.22. The Kier molecular flexibility index (Phi) is 3.80. The van der Waals surface area contributed by atoms with Crippen LogP contribution < -0.4 is 4.90 Å². The highest BCUT2D eigenvalue weighted by Crippen LogP contribution is 2.32. The molecular weight excluding hydrogens is 286 g/mol. The Hall–Kier alpha value is -2.62. The average molecular weight is 295 g/mol. The van der Waals surface area contributed by atoms with E-state index in [0.29, 0.717) is 5.69 Å². The highest BCUT2D eigenvalue weighted by atomic mass is 19.4. The number of alkyl halides is 3. The largest absolute Gasteiger partial charge is 0.433 e. The second-order valence-electron chi connectivity index (χ2n) is 4.22. The van der Waals surface area contributed by atoms with Gasteiger partial charge in [0.15, 0.2) is 5.82 Å². The van der Waals surface area contributed by atoms with Crippen molar-refractivity contribution in [3.8, 4) is 6.07 Å². The summed E-state index contributed by atoms with van der Waals surface area (Å²) in [5.74, 6) is -0.720. The SMILES string of the molecule is CN(c1cccc(F)c1)c1nc(C(F)(F)F)ccc1C#N. The van der Waals surface area contributed by atoms with Crippen molar-refractivity contribution < 1.29 is 17.6 Å². The van der Waals surface area contributed by atoms with Crippen LogP contribution >= 0.6 is 0 Å². The van der Waals surface area contributed by atoms with Crippen molar-refractivity contribution in [2.45, 2.75) is 6.18 Å². The van der Waals surface area contributed by atoms with Gasteiger partial charge in [-0.3, -0.25) is 0 Å². The standard InChI is InChI=1S/C14H9F4N3/c1-21(11-4-2-3-10(15)7-11)13-9(8-19)5-6-12(20-13)14(16,17)18/h2-7H,1H3. The molecule has 2 rings (SSSR count). The first-order valence-corrected chi connectivity index (χ1v) is 5.80. The summed E-state index contributed by atoms with van der Waals surface area (Å²) in [6.07, 6.45) is -4.62. The Balaban J connectivity index is 2.53. The van der Waals surface area contributed by atoms with Gasteiger partial charge in [-0.2, -0.15) is 18.4 Å². The van der Waals surface area contributed by atoms with Crippen LogP contribution in [-0.4, -0.2) is 12.0 Å². The molecule has 0 aliphatic heterocycles. The molecule has 0 fully saturated rings. The summed E-state index contributed by atoms with van der Waals surface area (Å²) >= 11 is 0. The Morgan fingerprint density at radius 1 is 1.19 bits per heavy atom. The van der Waals surface area contributed by atoms with Gasteiger partial charge in [0.25, 0.3) is 0 Å². The third-order valence-electron chi connectivity index (χ3n) is 2.80. The van der Waals surface area contributed by atoms with Crippen molar-refractivity contribution in [2.75, 3.05) is 11.9 Å². The van der Waals surface area contributed by atoms with Gasteiger partial charge in [-0.25, -0.2) is 9.37 Å². The number of pyridine rings is 1. The lowest BCUT2D eigenvalue weighted by Crippen LogP contribution is -2.16. The van der Waals surface area contributed by atoms with Gasteiger partial charge < -0.3 is 4.90 Å². The van der Waals surface area contributed by atoms with E-state index in [-0.39, 0.29) is 11.4 Å². The van der Waals surface area contributed by atoms with E-state index in [1.54, 1.807) is 6.07 Å². The first-order valence-electron chi connectivity index (χ1n) is 5.80. The number of nitriles is 1. The van der Waals surface area contributed by atoms with Crippen LogP contribution in [0.25, 0.3) is 0 Å². The number of nitrogens with zero attached hydrogens (tertiary/aromatic N) is 3. The Labute approximate surface area is 118 Å². The van der Waals surface area contributed by atoms with E-state index in [4.69, 9.17) is 5.26 Å². The van der Waals surface area contributed by atoms with Crippen LogP contribution in [0.1, 0.15) is 11.3 Å². The number of aromatic nitrogens is 1. The first-order chi connectivity index (χ1) is 9.82. The summed E-state index contributed by atoms with van der Waals surface area (Å²) in [6, 6.07) is 8.83. The van der Waals surface area contributed by atoms with Crippen molar-refractivity contribution in [1.29, 1.82) is 5.26 Å². The molecule has 2 aromatic rings. The predicted octanol–water partition coefficient (Wildman–Crippen LogP) is 3.88. The van der Waals surface area contributed by atoms with Crippen molar-refractivity contribution in [3.05, 3.63) is 53.5 Å². The molecule has 0 saturated carbocycles. The van der Waals surface area contributed by atoms with Crippen LogP contribution in [0.3, 0.4) is 0 Å². The monoisotopic (exact) mass is 295 g/mol. The number of halogens is 4. The fourth-order valence-electron chi connectivity index (χ4n) is 1.76.